The maximum absolute atomic E-state index is 5.62. The zero-order valence-electron chi connectivity index (χ0n) is 13.8. The molecule has 0 fully saturated rings. The van der Waals surface area contributed by atoms with Crippen LogP contribution in [-0.4, -0.2) is 7.11 Å². The highest BCUT2D eigenvalue weighted by Gasteiger charge is 2.25. The first-order chi connectivity index (χ1) is 10.7. The Hall–Kier alpha value is -2.20. The van der Waals surface area contributed by atoms with Crippen molar-refractivity contribution >= 4 is 5.57 Å². The molecule has 0 aliphatic heterocycles. The first-order valence-corrected chi connectivity index (χ1v) is 7.82. The molecule has 1 atom stereocenters. The van der Waals surface area contributed by atoms with Gasteiger partial charge in [0.05, 0.1) is 7.11 Å². The van der Waals surface area contributed by atoms with E-state index in [-0.39, 0.29) is 0 Å². The standard InChI is InChI=1S/C21H24O/c1-6-9-16-11-13-19(20(14-16)22-5)21-15(4)10-12-17(7-2)18(21)8-3/h8,11,13-14,17H,3-4,7,10,12H2,1-2,5H3. The van der Waals surface area contributed by atoms with Crippen molar-refractivity contribution in [3.05, 3.63) is 59.7 Å². The van der Waals surface area contributed by atoms with Crippen LogP contribution in [0.2, 0.25) is 0 Å². The highest BCUT2D eigenvalue weighted by Crippen LogP contribution is 2.43. The van der Waals surface area contributed by atoms with Gasteiger partial charge in [0.2, 0.25) is 0 Å². The fraction of sp³-hybridized carbons (Fsp3) is 0.333. The Labute approximate surface area is 134 Å². The molecule has 0 amide bonds. The summed E-state index contributed by atoms with van der Waals surface area (Å²) < 4.78 is 5.62. The smallest absolute Gasteiger partial charge is 0.127 e. The number of hydrogen-bond acceptors (Lipinski definition) is 1. The van der Waals surface area contributed by atoms with Crippen LogP contribution in [0.1, 0.15) is 44.2 Å². The second-order valence-corrected chi connectivity index (χ2v) is 5.57. The Morgan fingerprint density at radius 1 is 1.41 bits per heavy atom. The van der Waals surface area contributed by atoms with Gasteiger partial charge in [0.25, 0.3) is 0 Å². The summed E-state index contributed by atoms with van der Waals surface area (Å²) in [5.74, 6) is 7.42. The molecule has 0 radical (unpaired) electrons. The summed E-state index contributed by atoms with van der Waals surface area (Å²) >= 11 is 0. The van der Waals surface area contributed by atoms with Crippen molar-refractivity contribution in [3.63, 3.8) is 0 Å². The average Bonchev–Trinajstić information content (AvgIpc) is 2.55. The zero-order chi connectivity index (χ0) is 16.1. The molecule has 2 rings (SSSR count). The van der Waals surface area contributed by atoms with Crippen LogP contribution in [0.25, 0.3) is 5.57 Å². The Balaban J connectivity index is 2.65. The van der Waals surface area contributed by atoms with Gasteiger partial charge in [-0.15, -0.1) is 5.92 Å². The van der Waals surface area contributed by atoms with E-state index in [0.717, 1.165) is 36.1 Å². The van der Waals surface area contributed by atoms with Crippen LogP contribution in [0, 0.1) is 17.8 Å². The summed E-state index contributed by atoms with van der Waals surface area (Å²) in [5, 5.41) is 0. The summed E-state index contributed by atoms with van der Waals surface area (Å²) in [6.07, 6.45) is 5.31. The second kappa shape index (κ2) is 7.18. The fourth-order valence-corrected chi connectivity index (χ4v) is 3.20. The molecule has 0 saturated carbocycles. The van der Waals surface area contributed by atoms with Gasteiger partial charge < -0.3 is 4.74 Å². The minimum Gasteiger partial charge on any atom is -0.496 e. The summed E-state index contributed by atoms with van der Waals surface area (Å²) in [6.45, 7) is 12.4. The molecule has 0 N–H and O–H groups in total. The molecule has 0 saturated heterocycles. The number of methoxy groups -OCH3 is 1. The first-order valence-electron chi connectivity index (χ1n) is 7.82. The molecule has 0 spiro atoms. The van der Waals surface area contributed by atoms with E-state index in [4.69, 9.17) is 4.74 Å². The Morgan fingerprint density at radius 2 is 2.18 bits per heavy atom. The van der Waals surface area contributed by atoms with E-state index in [1.165, 1.54) is 16.7 Å². The van der Waals surface area contributed by atoms with Crippen LogP contribution in [-0.2, 0) is 0 Å². The van der Waals surface area contributed by atoms with E-state index in [1.54, 1.807) is 7.11 Å². The lowest BCUT2D eigenvalue weighted by molar-refractivity contribution is 0.413. The quantitative estimate of drug-likeness (QED) is 0.677. The van der Waals surface area contributed by atoms with Gasteiger partial charge in [0.15, 0.2) is 0 Å². The predicted octanol–water partition coefficient (Wildman–Crippen LogP) is 5.38. The molecule has 1 aliphatic carbocycles. The zero-order valence-corrected chi connectivity index (χ0v) is 13.8. The van der Waals surface area contributed by atoms with E-state index in [1.807, 2.05) is 25.1 Å². The van der Waals surface area contributed by atoms with E-state index < -0.39 is 0 Å². The van der Waals surface area contributed by atoms with Gasteiger partial charge in [-0.1, -0.05) is 32.1 Å². The minimum absolute atomic E-state index is 0.554. The molecule has 1 nitrogen and oxygen atoms in total. The van der Waals surface area contributed by atoms with Crippen LogP contribution < -0.4 is 4.74 Å². The van der Waals surface area contributed by atoms with Gasteiger partial charge in [-0.05, 0) is 67.0 Å². The summed E-state index contributed by atoms with van der Waals surface area (Å²) in [4.78, 5) is 0. The highest BCUT2D eigenvalue weighted by molar-refractivity contribution is 5.86. The first kappa shape index (κ1) is 16.2. The van der Waals surface area contributed by atoms with Crippen molar-refractivity contribution in [1.82, 2.24) is 0 Å². The molecule has 1 unspecified atom stereocenters. The van der Waals surface area contributed by atoms with Crippen molar-refractivity contribution in [2.24, 2.45) is 5.92 Å². The molecular weight excluding hydrogens is 268 g/mol. The van der Waals surface area contributed by atoms with E-state index >= 15 is 0 Å². The van der Waals surface area contributed by atoms with Crippen molar-refractivity contribution in [2.75, 3.05) is 7.11 Å². The largest absolute Gasteiger partial charge is 0.496 e. The lowest BCUT2D eigenvalue weighted by Crippen LogP contribution is -2.12. The lowest BCUT2D eigenvalue weighted by atomic mass is 9.76. The van der Waals surface area contributed by atoms with Gasteiger partial charge in [0.1, 0.15) is 5.75 Å². The molecule has 0 aromatic heterocycles. The molecule has 1 aromatic rings. The lowest BCUT2D eigenvalue weighted by Gasteiger charge is -2.29. The predicted molar refractivity (Wildman–Crippen MR) is 94.8 cm³/mol. The number of benzene rings is 1. The molecule has 22 heavy (non-hydrogen) atoms. The summed E-state index contributed by atoms with van der Waals surface area (Å²) in [6, 6.07) is 6.15. The Morgan fingerprint density at radius 3 is 2.77 bits per heavy atom. The van der Waals surface area contributed by atoms with Crippen molar-refractivity contribution in [3.8, 4) is 17.6 Å². The highest BCUT2D eigenvalue weighted by atomic mass is 16.5. The number of ether oxygens (including phenoxy) is 1. The van der Waals surface area contributed by atoms with Crippen molar-refractivity contribution in [2.45, 2.75) is 33.1 Å². The van der Waals surface area contributed by atoms with Crippen molar-refractivity contribution < 1.29 is 4.74 Å². The van der Waals surface area contributed by atoms with Crippen LogP contribution in [0.15, 0.2) is 48.6 Å². The third-order valence-electron chi connectivity index (χ3n) is 4.33. The molecule has 1 heteroatoms. The topological polar surface area (TPSA) is 9.23 Å². The molecule has 1 aliphatic rings. The van der Waals surface area contributed by atoms with Gasteiger partial charge in [-0.2, -0.15) is 0 Å². The molecule has 1 aromatic carbocycles. The Kier molecular flexibility index (Phi) is 5.28. The van der Waals surface area contributed by atoms with E-state index in [0.29, 0.717) is 5.92 Å². The minimum atomic E-state index is 0.554. The maximum Gasteiger partial charge on any atom is 0.127 e. The maximum atomic E-state index is 5.62. The van der Waals surface area contributed by atoms with Gasteiger partial charge in [-0.25, -0.2) is 0 Å². The van der Waals surface area contributed by atoms with Crippen LogP contribution in [0.5, 0.6) is 5.75 Å². The van der Waals surface area contributed by atoms with Gasteiger partial charge in [-0.3, -0.25) is 0 Å². The van der Waals surface area contributed by atoms with Crippen LogP contribution in [0.3, 0.4) is 0 Å². The monoisotopic (exact) mass is 292 g/mol. The third-order valence-corrected chi connectivity index (χ3v) is 4.33. The molecule has 0 bridgehead atoms. The van der Waals surface area contributed by atoms with Crippen molar-refractivity contribution in [1.29, 1.82) is 0 Å². The number of allylic oxidation sites excluding steroid dienone is 4. The Bertz CT molecular complexity index is 680. The molecule has 114 valence electrons. The number of rotatable bonds is 4. The second-order valence-electron chi connectivity index (χ2n) is 5.57. The van der Waals surface area contributed by atoms with E-state index in [9.17, 15) is 0 Å². The van der Waals surface area contributed by atoms with Crippen LogP contribution in [0.4, 0.5) is 0 Å². The van der Waals surface area contributed by atoms with Gasteiger partial charge in [0, 0.05) is 11.1 Å². The fourth-order valence-electron chi connectivity index (χ4n) is 3.20. The number of hydrogen-bond donors (Lipinski definition) is 0. The van der Waals surface area contributed by atoms with E-state index in [2.05, 4.69) is 38.0 Å². The summed E-state index contributed by atoms with van der Waals surface area (Å²) in [7, 11) is 1.71. The molecule has 0 heterocycles. The molecular formula is C21H24O. The normalized spacial score (nSPS) is 17.8. The average molecular weight is 292 g/mol. The summed E-state index contributed by atoms with van der Waals surface area (Å²) in [5.41, 5.74) is 5.75. The third kappa shape index (κ3) is 3.02. The van der Waals surface area contributed by atoms with Crippen LogP contribution >= 0.6 is 0 Å². The van der Waals surface area contributed by atoms with Gasteiger partial charge >= 0.3 is 0 Å². The SMILES string of the molecule is C=CC1=C(c2ccc(C#CC)cc2OC)C(=C)CCC1CC.